The van der Waals surface area contributed by atoms with Crippen LogP contribution in [0.15, 0.2) is 0 Å². The summed E-state index contributed by atoms with van der Waals surface area (Å²) in [6.45, 7) is 4.36. The third-order valence-electron chi connectivity index (χ3n) is 3.04. The first-order valence-corrected chi connectivity index (χ1v) is 5.35. The van der Waals surface area contributed by atoms with Crippen LogP contribution in [0.5, 0.6) is 0 Å². The van der Waals surface area contributed by atoms with Crippen molar-refractivity contribution in [3.05, 3.63) is 11.6 Å². The fourth-order valence-corrected chi connectivity index (χ4v) is 1.97. The smallest absolute Gasteiger partial charge is 0.303 e. The maximum atomic E-state index is 10.5. The van der Waals surface area contributed by atoms with Crippen LogP contribution in [0.4, 0.5) is 0 Å². The number of aromatic nitrogens is 3. The number of hydrogen-bond donors (Lipinski definition) is 1. The van der Waals surface area contributed by atoms with E-state index in [0.29, 0.717) is 5.92 Å². The first kappa shape index (κ1) is 11.1. The molecule has 0 bridgehead atoms. The predicted molar refractivity (Wildman–Crippen MR) is 56.8 cm³/mol. The van der Waals surface area contributed by atoms with E-state index >= 15 is 0 Å². The van der Waals surface area contributed by atoms with Gasteiger partial charge in [-0.2, -0.15) is 0 Å². The fraction of sp³-hybridized carbons (Fsp3) is 0.700. The molecule has 0 radical (unpaired) electrons. The van der Waals surface area contributed by atoms with Crippen molar-refractivity contribution in [3.63, 3.8) is 0 Å². The lowest BCUT2D eigenvalue weighted by Crippen LogP contribution is -2.47. The average Bonchev–Trinajstić information content (AvgIpc) is 2.45. The maximum absolute atomic E-state index is 10.5. The monoisotopic (exact) mass is 224 g/mol. The standard InChI is InChI=1S/C10H16N4O2/c1-7-11-12-9(13(7)2)6-14-4-8(5-14)3-10(15)16/h8H,3-6H2,1-2H3,(H,15,16). The first-order chi connectivity index (χ1) is 7.56. The third kappa shape index (κ3) is 2.21. The molecule has 88 valence electrons. The number of carboxylic acid groups (broad SMARTS) is 1. The second kappa shape index (κ2) is 4.21. The van der Waals surface area contributed by atoms with Gasteiger partial charge in [0.05, 0.1) is 13.0 Å². The molecule has 6 heteroatoms. The van der Waals surface area contributed by atoms with Crippen molar-refractivity contribution < 1.29 is 9.90 Å². The lowest BCUT2D eigenvalue weighted by molar-refractivity contribution is -0.139. The largest absolute Gasteiger partial charge is 0.481 e. The van der Waals surface area contributed by atoms with Crippen molar-refractivity contribution >= 4 is 5.97 Å². The Morgan fingerprint density at radius 1 is 1.50 bits per heavy atom. The topological polar surface area (TPSA) is 71.2 Å². The Bertz CT molecular complexity index is 396. The Hall–Kier alpha value is -1.43. The van der Waals surface area contributed by atoms with Gasteiger partial charge >= 0.3 is 5.97 Å². The molecule has 1 aliphatic rings. The maximum Gasteiger partial charge on any atom is 0.303 e. The Morgan fingerprint density at radius 2 is 2.19 bits per heavy atom. The Labute approximate surface area is 93.9 Å². The molecule has 2 rings (SSSR count). The van der Waals surface area contributed by atoms with Gasteiger partial charge in [-0.25, -0.2) is 0 Å². The van der Waals surface area contributed by atoms with Crippen molar-refractivity contribution in [3.8, 4) is 0 Å². The van der Waals surface area contributed by atoms with E-state index in [1.54, 1.807) is 0 Å². The molecule has 1 saturated heterocycles. The third-order valence-corrected chi connectivity index (χ3v) is 3.04. The minimum atomic E-state index is -0.709. The van der Waals surface area contributed by atoms with E-state index in [4.69, 9.17) is 5.11 Å². The molecule has 1 aromatic heterocycles. The molecule has 16 heavy (non-hydrogen) atoms. The molecule has 1 fully saturated rings. The molecule has 0 spiro atoms. The summed E-state index contributed by atoms with van der Waals surface area (Å²) in [5, 5.41) is 16.7. The van der Waals surface area contributed by atoms with E-state index in [1.165, 1.54) is 0 Å². The summed E-state index contributed by atoms with van der Waals surface area (Å²) in [4.78, 5) is 12.7. The van der Waals surface area contributed by atoms with Crippen molar-refractivity contribution in [1.29, 1.82) is 0 Å². The summed E-state index contributed by atoms with van der Waals surface area (Å²) in [5.74, 6) is 1.43. The molecule has 0 amide bonds. The van der Waals surface area contributed by atoms with E-state index in [0.717, 1.165) is 31.3 Å². The van der Waals surface area contributed by atoms with Gasteiger partial charge in [-0.1, -0.05) is 0 Å². The Morgan fingerprint density at radius 3 is 2.69 bits per heavy atom. The zero-order valence-electron chi connectivity index (χ0n) is 9.55. The van der Waals surface area contributed by atoms with Gasteiger partial charge < -0.3 is 9.67 Å². The molecule has 1 N–H and O–H groups in total. The summed E-state index contributed by atoms with van der Waals surface area (Å²) in [6, 6.07) is 0. The highest BCUT2D eigenvalue weighted by Crippen LogP contribution is 2.20. The summed E-state index contributed by atoms with van der Waals surface area (Å²) < 4.78 is 1.96. The number of rotatable bonds is 4. The second-order valence-electron chi connectivity index (χ2n) is 4.38. The molecule has 2 heterocycles. The van der Waals surface area contributed by atoms with Gasteiger partial charge in [-0.15, -0.1) is 10.2 Å². The van der Waals surface area contributed by atoms with E-state index < -0.39 is 5.97 Å². The molecule has 6 nitrogen and oxygen atoms in total. The summed E-state index contributed by atoms with van der Waals surface area (Å²) >= 11 is 0. The van der Waals surface area contributed by atoms with Gasteiger partial charge in [-0.3, -0.25) is 9.69 Å². The molecule has 1 aromatic rings. The molecule has 0 aliphatic carbocycles. The van der Waals surface area contributed by atoms with E-state index in [9.17, 15) is 4.79 Å². The first-order valence-electron chi connectivity index (χ1n) is 5.35. The van der Waals surface area contributed by atoms with Crippen LogP contribution in [0.1, 0.15) is 18.1 Å². The zero-order chi connectivity index (χ0) is 11.7. The van der Waals surface area contributed by atoms with Crippen LogP contribution < -0.4 is 0 Å². The average molecular weight is 224 g/mol. The summed E-state index contributed by atoms with van der Waals surface area (Å²) in [6.07, 6.45) is 0.272. The van der Waals surface area contributed by atoms with Crippen LogP contribution in [-0.4, -0.2) is 43.8 Å². The van der Waals surface area contributed by atoms with Gasteiger partial charge in [0, 0.05) is 20.1 Å². The van der Waals surface area contributed by atoms with Gasteiger partial charge in [0.25, 0.3) is 0 Å². The molecule has 1 aliphatic heterocycles. The summed E-state index contributed by atoms with van der Waals surface area (Å²) in [7, 11) is 1.94. The number of carbonyl (C=O) groups is 1. The number of aryl methyl sites for hydroxylation is 1. The van der Waals surface area contributed by atoms with Crippen LogP contribution in [0.3, 0.4) is 0 Å². The van der Waals surface area contributed by atoms with E-state index in [1.807, 2.05) is 18.5 Å². The predicted octanol–water partition coefficient (Wildman–Crippen LogP) is 0.0300. The number of nitrogens with zero attached hydrogens (tertiary/aromatic N) is 4. The normalized spacial score (nSPS) is 17.4. The number of hydrogen-bond acceptors (Lipinski definition) is 4. The molecule has 0 atom stereocenters. The molecule has 0 unspecified atom stereocenters. The number of likely N-dealkylation sites (tertiary alicyclic amines) is 1. The highest BCUT2D eigenvalue weighted by atomic mass is 16.4. The fourth-order valence-electron chi connectivity index (χ4n) is 1.97. The quantitative estimate of drug-likeness (QED) is 0.781. The van der Waals surface area contributed by atoms with Crippen molar-refractivity contribution in [1.82, 2.24) is 19.7 Å². The number of carboxylic acids is 1. The van der Waals surface area contributed by atoms with Gasteiger partial charge in [0.2, 0.25) is 0 Å². The highest BCUT2D eigenvalue weighted by molar-refractivity contribution is 5.67. The molecule has 0 aromatic carbocycles. The van der Waals surface area contributed by atoms with Crippen LogP contribution in [0, 0.1) is 12.8 Å². The minimum absolute atomic E-state index is 0.272. The Kier molecular flexibility index (Phi) is 2.91. The van der Waals surface area contributed by atoms with Crippen LogP contribution in [-0.2, 0) is 18.4 Å². The van der Waals surface area contributed by atoms with Crippen molar-refractivity contribution in [2.75, 3.05) is 13.1 Å². The van der Waals surface area contributed by atoms with Crippen LogP contribution >= 0.6 is 0 Å². The van der Waals surface area contributed by atoms with Gasteiger partial charge in [-0.05, 0) is 12.8 Å². The van der Waals surface area contributed by atoms with Crippen LogP contribution in [0.25, 0.3) is 0 Å². The lowest BCUT2D eigenvalue weighted by atomic mass is 9.96. The Balaban J connectivity index is 1.81. The van der Waals surface area contributed by atoms with Gasteiger partial charge in [0.15, 0.2) is 0 Å². The van der Waals surface area contributed by atoms with E-state index in [-0.39, 0.29) is 6.42 Å². The SMILES string of the molecule is Cc1nnc(CN2CC(CC(=O)O)C2)n1C. The molecular weight excluding hydrogens is 208 g/mol. The van der Waals surface area contributed by atoms with Gasteiger partial charge in [0.1, 0.15) is 11.6 Å². The van der Waals surface area contributed by atoms with E-state index in [2.05, 4.69) is 15.1 Å². The minimum Gasteiger partial charge on any atom is -0.481 e. The lowest BCUT2D eigenvalue weighted by Gasteiger charge is -2.38. The summed E-state index contributed by atoms with van der Waals surface area (Å²) in [5.41, 5.74) is 0. The van der Waals surface area contributed by atoms with Crippen molar-refractivity contribution in [2.24, 2.45) is 13.0 Å². The molecule has 0 saturated carbocycles. The van der Waals surface area contributed by atoms with Crippen molar-refractivity contribution in [2.45, 2.75) is 19.9 Å². The highest BCUT2D eigenvalue weighted by Gasteiger charge is 2.29. The van der Waals surface area contributed by atoms with Crippen LogP contribution in [0.2, 0.25) is 0 Å². The number of aliphatic carboxylic acids is 1. The molecular formula is C10H16N4O2. The zero-order valence-corrected chi connectivity index (χ0v) is 9.55. The second-order valence-corrected chi connectivity index (χ2v) is 4.38.